The lowest BCUT2D eigenvalue weighted by molar-refractivity contribution is 0.360. The molecule has 1 aliphatic carbocycles. The summed E-state index contributed by atoms with van der Waals surface area (Å²) in [7, 11) is 0. The largest absolute Gasteiger partial charge is 0.353 e. The molecule has 3 nitrogen and oxygen atoms in total. The van der Waals surface area contributed by atoms with E-state index < -0.39 is 0 Å². The van der Waals surface area contributed by atoms with E-state index in [4.69, 9.17) is 5.73 Å². The third-order valence-corrected chi connectivity index (χ3v) is 4.58. The second-order valence-corrected chi connectivity index (χ2v) is 5.83. The van der Waals surface area contributed by atoms with E-state index >= 15 is 0 Å². The van der Waals surface area contributed by atoms with Crippen molar-refractivity contribution in [2.24, 2.45) is 11.7 Å². The van der Waals surface area contributed by atoms with Gasteiger partial charge < -0.3 is 10.6 Å². The normalized spacial score (nSPS) is 29.1. The first kappa shape index (κ1) is 12.0. The summed E-state index contributed by atoms with van der Waals surface area (Å²) in [5.74, 6) is 2.04. The first-order chi connectivity index (χ1) is 8.75. The Hall–Kier alpha value is -1.09. The lowest BCUT2D eigenvalue weighted by Crippen LogP contribution is -2.43. The van der Waals surface area contributed by atoms with Crippen LogP contribution in [0.3, 0.4) is 0 Å². The number of hydrogen-bond acceptors (Lipinski definition) is 3. The predicted octanol–water partition coefficient (Wildman–Crippen LogP) is 2.87. The van der Waals surface area contributed by atoms with E-state index in [1.54, 1.807) is 0 Å². The maximum atomic E-state index is 5.97. The van der Waals surface area contributed by atoms with Gasteiger partial charge in [0.15, 0.2) is 0 Å². The number of nitrogens with two attached hydrogens (primary N) is 1. The molecule has 18 heavy (non-hydrogen) atoms. The molecule has 0 spiro atoms. The van der Waals surface area contributed by atoms with Crippen LogP contribution in [0.5, 0.6) is 0 Å². The molecule has 1 aromatic heterocycles. The molecule has 2 fully saturated rings. The molecule has 1 saturated carbocycles. The molecule has 2 heterocycles. The van der Waals surface area contributed by atoms with Gasteiger partial charge in [0.05, 0.1) is 0 Å². The molecular formula is C15H23N3. The van der Waals surface area contributed by atoms with Gasteiger partial charge in [-0.05, 0) is 56.2 Å². The van der Waals surface area contributed by atoms with Gasteiger partial charge in [0.25, 0.3) is 0 Å². The highest BCUT2D eigenvalue weighted by molar-refractivity contribution is 5.44. The highest BCUT2D eigenvalue weighted by Gasteiger charge is 2.35. The number of pyridine rings is 1. The van der Waals surface area contributed by atoms with Gasteiger partial charge >= 0.3 is 0 Å². The Balaban J connectivity index is 1.86. The van der Waals surface area contributed by atoms with Gasteiger partial charge in [0.1, 0.15) is 5.82 Å². The van der Waals surface area contributed by atoms with E-state index in [-0.39, 0.29) is 6.04 Å². The topological polar surface area (TPSA) is 42.1 Å². The summed E-state index contributed by atoms with van der Waals surface area (Å²) in [6, 6.07) is 5.04. The Morgan fingerprint density at radius 1 is 1.33 bits per heavy atom. The standard InChI is InChI=1S/C15H23N3/c1-11(16)13-7-8-17-15(10-13)18-9-3-5-12-4-2-6-14(12)18/h7-8,10-12,14H,2-6,9,16H2,1H3/t11-,12?,14?/m0/s1. The van der Waals surface area contributed by atoms with Crippen LogP contribution in [0.2, 0.25) is 0 Å². The molecule has 3 rings (SSSR count). The molecule has 1 saturated heterocycles. The third kappa shape index (κ3) is 2.12. The fourth-order valence-corrected chi connectivity index (χ4v) is 3.61. The van der Waals surface area contributed by atoms with Crippen LogP contribution in [0.15, 0.2) is 18.3 Å². The average Bonchev–Trinajstić information content (AvgIpc) is 2.87. The summed E-state index contributed by atoms with van der Waals surface area (Å²) >= 11 is 0. The average molecular weight is 245 g/mol. The number of anilines is 1. The molecule has 2 unspecified atom stereocenters. The molecule has 0 amide bonds. The Kier molecular flexibility index (Phi) is 3.25. The number of piperidine rings is 1. The fraction of sp³-hybridized carbons (Fsp3) is 0.667. The molecule has 98 valence electrons. The summed E-state index contributed by atoms with van der Waals surface area (Å²) in [6.07, 6.45) is 8.77. The van der Waals surface area contributed by atoms with Gasteiger partial charge in [0, 0.05) is 24.8 Å². The van der Waals surface area contributed by atoms with Gasteiger partial charge in [-0.15, -0.1) is 0 Å². The van der Waals surface area contributed by atoms with E-state index in [0.717, 1.165) is 24.3 Å². The second-order valence-electron chi connectivity index (χ2n) is 5.83. The van der Waals surface area contributed by atoms with Crippen LogP contribution >= 0.6 is 0 Å². The number of fused-ring (bicyclic) bond motifs is 1. The lowest BCUT2D eigenvalue weighted by Gasteiger charge is -2.38. The van der Waals surface area contributed by atoms with Crippen molar-refractivity contribution in [2.75, 3.05) is 11.4 Å². The van der Waals surface area contributed by atoms with Crippen molar-refractivity contribution in [3.05, 3.63) is 23.9 Å². The highest BCUT2D eigenvalue weighted by atomic mass is 15.2. The minimum Gasteiger partial charge on any atom is -0.353 e. The first-order valence-electron chi connectivity index (χ1n) is 7.24. The van der Waals surface area contributed by atoms with Gasteiger partial charge in [-0.3, -0.25) is 0 Å². The van der Waals surface area contributed by atoms with E-state index in [1.807, 2.05) is 19.2 Å². The maximum Gasteiger partial charge on any atom is 0.129 e. The second kappa shape index (κ2) is 4.88. The minimum atomic E-state index is 0.0934. The van der Waals surface area contributed by atoms with Crippen LogP contribution in [0, 0.1) is 5.92 Å². The van der Waals surface area contributed by atoms with Crippen LogP contribution in [-0.4, -0.2) is 17.6 Å². The molecule has 3 heteroatoms. The van der Waals surface area contributed by atoms with Crippen molar-refractivity contribution in [3.8, 4) is 0 Å². The Morgan fingerprint density at radius 2 is 2.17 bits per heavy atom. The summed E-state index contributed by atoms with van der Waals surface area (Å²) in [6.45, 7) is 3.20. The number of nitrogens with zero attached hydrogens (tertiary/aromatic N) is 2. The molecule has 2 N–H and O–H groups in total. The van der Waals surface area contributed by atoms with Crippen molar-refractivity contribution in [2.45, 2.75) is 51.1 Å². The fourth-order valence-electron chi connectivity index (χ4n) is 3.61. The summed E-state index contributed by atoms with van der Waals surface area (Å²) < 4.78 is 0. The smallest absolute Gasteiger partial charge is 0.129 e. The van der Waals surface area contributed by atoms with Gasteiger partial charge in [-0.25, -0.2) is 4.98 Å². The zero-order valence-electron chi connectivity index (χ0n) is 11.2. The van der Waals surface area contributed by atoms with E-state index in [0.29, 0.717) is 0 Å². The van der Waals surface area contributed by atoms with Crippen molar-refractivity contribution in [1.29, 1.82) is 0 Å². The highest BCUT2D eigenvalue weighted by Crippen LogP contribution is 2.38. The summed E-state index contributed by atoms with van der Waals surface area (Å²) in [5, 5.41) is 0. The molecule has 0 bridgehead atoms. The van der Waals surface area contributed by atoms with Crippen molar-refractivity contribution in [1.82, 2.24) is 4.98 Å². The van der Waals surface area contributed by atoms with Crippen LogP contribution in [0.1, 0.15) is 50.6 Å². The first-order valence-corrected chi connectivity index (χ1v) is 7.24. The Labute approximate surface area is 109 Å². The zero-order chi connectivity index (χ0) is 12.5. The molecule has 0 aromatic carbocycles. The Bertz CT molecular complexity index is 416. The van der Waals surface area contributed by atoms with Crippen LogP contribution in [-0.2, 0) is 0 Å². The number of rotatable bonds is 2. The van der Waals surface area contributed by atoms with E-state index in [2.05, 4.69) is 16.0 Å². The van der Waals surface area contributed by atoms with Crippen molar-refractivity contribution in [3.63, 3.8) is 0 Å². The van der Waals surface area contributed by atoms with Crippen LogP contribution in [0.25, 0.3) is 0 Å². The van der Waals surface area contributed by atoms with E-state index in [9.17, 15) is 0 Å². The SMILES string of the molecule is C[C@H](N)c1ccnc(N2CCCC3CCCC32)c1. The third-order valence-electron chi connectivity index (χ3n) is 4.58. The molecule has 3 atom stereocenters. The lowest BCUT2D eigenvalue weighted by atomic mass is 9.92. The maximum absolute atomic E-state index is 5.97. The predicted molar refractivity (Wildman–Crippen MR) is 74.5 cm³/mol. The quantitative estimate of drug-likeness (QED) is 0.871. The van der Waals surface area contributed by atoms with Gasteiger partial charge in [0.2, 0.25) is 0 Å². The summed E-state index contributed by atoms with van der Waals surface area (Å²) in [5.41, 5.74) is 7.17. The Morgan fingerprint density at radius 3 is 3.00 bits per heavy atom. The van der Waals surface area contributed by atoms with Crippen LogP contribution in [0.4, 0.5) is 5.82 Å². The van der Waals surface area contributed by atoms with Gasteiger partial charge in [-0.2, -0.15) is 0 Å². The molecular weight excluding hydrogens is 222 g/mol. The molecule has 0 radical (unpaired) electrons. The number of hydrogen-bond donors (Lipinski definition) is 1. The summed E-state index contributed by atoms with van der Waals surface area (Å²) in [4.78, 5) is 7.11. The number of aromatic nitrogens is 1. The van der Waals surface area contributed by atoms with Crippen LogP contribution < -0.4 is 10.6 Å². The van der Waals surface area contributed by atoms with Crippen molar-refractivity contribution >= 4 is 5.82 Å². The zero-order valence-corrected chi connectivity index (χ0v) is 11.2. The minimum absolute atomic E-state index is 0.0934. The molecule has 1 aliphatic heterocycles. The van der Waals surface area contributed by atoms with Crippen molar-refractivity contribution < 1.29 is 0 Å². The monoisotopic (exact) mass is 245 g/mol. The van der Waals surface area contributed by atoms with Gasteiger partial charge in [-0.1, -0.05) is 6.42 Å². The molecule has 2 aliphatic rings. The molecule has 1 aromatic rings. The van der Waals surface area contributed by atoms with E-state index in [1.165, 1.54) is 37.7 Å².